The molecule has 0 spiro atoms. The molecule has 0 saturated carbocycles. The third-order valence-electron chi connectivity index (χ3n) is 2.07. The highest BCUT2D eigenvalue weighted by molar-refractivity contribution is 9.09. The van der Waals surface area contributed by atoms with E-state index in [0.717, 1.165) is 0 Å². The quantitative estimate of drug-likeness (QED) is 0.783. The Balaban J connectivity index is 3.24. The van der Waals surface area contributed by atoms with Gasteiger partial charge in [-0.2, -0.15) is 8.78 Å². The number of alkyl halides is 3. The van der Waals surface area contributed by atoms with Crippen molar-refractivity contribution >= 4 is 21.7 Å². The molecule has 0 N–H and O–H groups in total. The van der Waals surface area contributed by atoms with Gasteiger partial charge in [0.2, 0.25) is 0 Å². The minimum atomic E-state index is -2.95. The average molecular weight is 309 g/mol. The summed E-state index contributed by atoms with van der Waals surface area (Å²) in [5.74, 6) is 0.0188. The summed E-state index contributed by atoms with van der Waals surface area (Å²) in [6, 6.07) is 4.45. The molecule has 0 aliphatic heterocycles. The third-order valence-corrected chi connectivity index (χ3v) is 3.18. The summed E-state index contributed by atoms with van der Waals surface area (Å²) in [4.78, 5) is 10.6. The number of rotatable bonds is 5. The van der Waals surface area contributed by atoms with Crippen LogP contribution in [0.2, 0.25) is 0 Å². The summed E-state index contributed by atoms with van der Waals surface area (Å²) < 4.78 is 33.9. The van der Waals surface area contributed by atoms with Crippen molar-refractivity contribution in [3.63, 3.8) is 0 Å². The van der Waals surface area contributed by atoms with Crippen molar-refractivity contribution in [1.29, 1.82) is 0 Å². The molecule has 0 aromatic heterocycles. The number of carbonyl (C=O) groups is 1. The molecule has 0 radical (unpaired) electrons. The van der Waals surface area contributed by atoms with Crippen LogP contribution in [0.1, 0.15) is 17.3 Å². The van der Waals surface area contributed by atoms with Crippen LogP contribution in [-0.2, 0) is 4.79 Å². The van der Waals surface area contributed by atoms with Crippen LogP contribution in [0.5, 0.6) is 11.5 Å². The predicted octanol–water partition coefficient (Wildman–Crippen LogP) is 3.32. The number of benzene rings is 1. The van der Waals surface area contributed by atoms with Crippen LogP contribution in [-0.4, -0.2) is 19.5 Å². The number of hydrogen-bond donors (Lipinski definition) is 0. The van der Waals surface area contributed by atoms with Crippen molar-refractivity contribution < 1.29 is 23.0 Å². The highest BCUT2D eigenvalue weighted by atomic mass is 79.9. The first kappa shape index (κ1) is 13.9. The molecule has 1 atom stereocenters. The van der Waals surface area contributed by atoms with Gasteiger partial charge in [-0.1, -0.05) is 22.0 Å². The number of Topliss-reactive ketones (excluding diaryl/α,β-unsaturated/α-hetero) is 1. The van der Waals surface area contributed by atoms with E-state index in [4.69, 9.17) is 4.74 Å². The third kappa shape index (κ3) is 3.39. The van der Waals surface area contributed by atoms with Gasteiger partial charge < -0.3 is 9.47 Å². The highest BCUT2D eigenvalue weighted by Gasteiger charge is 2.23. The Morgan fingerprint density at radius 2 is 1.94 bits per heavy atom. The lowest BCUT2D eigenvalue weighted by atomic mass is 10.1. The van der Waals surface area contributed by atoms with E-state index in [-0.39, 0.29) is 17.1 Å². The molecule has 0 aliphatic rings. The lowest BCUT2D eigenvalue weighted by Crippen LogP contribution is -2.09. The minimum absolute atomic E-state index is 0.0728. The summed E-state index contributed by atoms with van der Waals surface area (Å²) in [6.45, 7) is -1.61. The number of carbonyl (C=O) groups excluding carboxylic acids is 1. The fourth-order valence-corrected chi connectivity index (χ4v) is 1.80. The van der Waals surface area contributed by atoms with Gasteiger partial charge in [0.25, 0.3) is 0 Å². The van der Waals surface area contributed by atoms with E-state index in [1.54, 1.807) is 6.07 Å². The zero-order valence-electron chi connectivity index (χ0n) is 9.25. The second-order valence-electron chi connectivity index (χ2n) is 3.22. The van der Waals surface area contributed by atoms with E-state index >= 15 is 0 Å². The fourth-order valence-electron chi connectivity index (χ4n) is 1.35. The standard InChI is InChI=1S/C11H11BrF2O3/c1-6(15)10(12)9-7(16-2)4-3-5-8(9)17-11(13)14/h3-5,10-11H,1-2H3. The first-order valence-corrected chi connectivity index (χ1v) is 5.65. The first-order chi connectivity index (χ1) is 7.97. The Labute approximate surface area is 106 Å². The zero-order valence-corrected chi connectivity index (χ0v) is 10.8. The highest BCUT2D eigenvalue weighted by Crippen LogP contribution is 2.39. The first-order valence-electron chi connectivity index (χ1n) is 4.73. The summed E-state index contributed by atoms with van der Waals surface area (Å²) >= 11 is 3.13. The van der Waals surface area contributed by atoms with E-state index in [9.17, 15) is 13.6 Å². The minimum Gasteiger partial charge on any atom is -0.496 e. The Bertz CT molecular complexity index is 410. The molecule has 1 aromatic carbocycles. The van der Waals surface area contributed by atoms with E-state index < -0.39 is 11.4 Å². The molecule has 1 aromatic rings. The van der Waals surface area contributed by atoms with E-state index in [1.807, 2.05) is 0 Å². The van der Waals surface area contributed by atoms with Crippen LogP contribution in [0.4, 0.5) is 8.78 Å². The van der Waals surface area contributed by atoms with Crippen LogP contribution in [0.25, 0.3) is 0 Å². The monoisotopic (exact) mass is 308 g/mol. The molecule has 17 heavy (non-hydrogen) atoms. The molecular formula is C11H11BrF2O3. The van der Waals surface area contributed by atoms with Crippen LogP contribution < -0.4 is 9.47 Å². The number of halogens is 3. The molecule has 0 heterocycles. The summed E-state index contributed by atoms with van der Waals surface area (Å²) in [5.41, 5.74) is 0.266. The SMILES string of the molecule is COc1cccc(OC(F)F)c1C(Br)C(C)=O. The number of ketones is 1. The van der Waals surface area contributed by atoms with Gasteiger partial charge in [-0.3, -0.25) is 4.79 Å². The van der Waals surface area contributed by atoms with E-state index in [0.29, 0.717) is 5.75 Å². The van der Waals surface area contributed by atoms with Crippen molar-refractivity contribution in [2.24, 2.45) is 0 Å². The summed E-state index contributed by atoms with van der Waals surface area (Å²) in [5, 5.41) is 0. The van der Waals surface area contributed by atoms with Gasteiger partial charge in [0, 0.05) is 0 Å². The van der Waals surface area contributed by atoms with Gasteiger partial charge >= 0.3 is 6.61 Å². The van der Waals surface area contributed by atoms with Crippen molar-refractivity contribution in [3.8, 4) is 11.5 Å². The Morgan fingerprint density at radius 3 is 2.41 bits per heavy atom. The van der Waals surface area contributed by atoms with Crippen molar-refractivity contribution in [3.05, 3.63) is 23.8 Å². The molecule has 1 rings (SSSR count). The van der Waals surface area contributed by atoms with Crippen molar-refractivity contribution in [2.75, 3.05) is 7.11 Å². The molecule has 0 amide bonds. The smallest absolute Gasteiger partial charge is 0.387 e. The molecular weight excluding hydrogens is 298 g/mol. The van der Waals surface area contributed by atoms with Gasteiger partial charge in [-0.25, -0.2) is 0 Å². The van der Waals surface area contributed by atoms with Gasteiger partial charge in [0.1, 0.15) is 22.1 Å². The molecule has 6 heteroatoms. The molecule has 0 saturated heterocycles. The van der Waals surface area contributed by atoms with Gasteiger partial charge in [0.15, 0.2) is 0 Å². The second-order valence-corrected chi connectivity index (χ2v) is 4.14. The largest absolute Gasteiger partial charge is 0.496 e. The molecule has 0 aliphatic carbocycles. The molecule has 94 valence electrons. The number of hydrogen-bond acceptors (Lipinski definition) is 3. The van der Waals surface area contributed by atoms with Crippen LogP contribution in [0.3, 0.4) is 0 Å². The van der Waals surface area contributed by atoms with Crippen LogP contribution in [0.15, 0.2) is 18.2 Å². The maximum atomic E-state index is 12.2. The lowest BCUT2D eigenvalue weighted by molar-refractivity contribution is -0.116. The van der Waals surface area contributed by atoms with Gasteiger partial charge in [0.05, 0.1) is 12.7 Å². The van der Waals surface area contributed by atoms with Crippen LogP contribution in [0, 0.1) is 0 Å². The Hall–Kier alpha value is -1.17. The predicted molar refractivity (Wildman–Crippen MR) is 62.0 cm³/mol. The topological polar surface area (TPSA) is 35.5 Å². The molecule has 0 bridgehead atoms. The van der Waals surface area contributed by atoms with E-state index in [2.05, 4.69) is 20.7 Å². The van der Waals surface area contributed by atoms with Crippen molar-refractivity contribution in [2.45, 2.75) is 18.4 Å². The molecule has 3 nitrogen and oxygen atoms in total. The molecule has 0 fully saturated rings. The van der Waals surface area contributed by atoms with E-state index in [1.165, 1.54) is 26.2 Å². The maximum absolute atomic E-state index is 12.2. The summed E-state index contributed by atoms with van der Waals surface area (Å²) in [6.07, 6.45) is 0. The van der Waals surface area contributed by atoms with Crippen molar-refractivity contribution in [1.82, 2.24) is 0 Å². The lowest BCUT2D eigenvalue weighted by Gasteiger charge is -2.16. The average Bonchev–Trinajstić information content (AvgIpc) is 2.26. The molecule has 1 unspecified atom stereocenters. The van der Waals surface area contributed by atoms with Gasteiger partial charge in [-0.15, -0.1) is 0 Å². The Kier molecular flexibility index (Phi) is 4.86. The van der Waals surface area contributed by atoms with Crippen LogP contribution >= 0.6 is 15.9 Å². The number of methoxy groups -OCH3 is 1. The summed E-state index contributed by atoms with van der Waals surface area (Å²) in [7, 11) is 1.39. The normalized spacial score (nSPS) is 12.4. The maximum Gasteiger partial charge on any atom is 0.387 e. The van der Waals surface area contributed by atoms with Gasteiger partial charge in [-0.05, 0) is 19.1 Å². The zero-order chi connectivity index (χ0) is 13.0. The Morgan fingerprint density at radius 1 is 1.35 bits per heavy atom. The number of ether oxygens (including phenoxy) is 2. The fraction of sp³-hybridized carbons (Fsp3) is 0.364. The second kappa shape index (κ2) is 5.95.